The van der Waals surface area contributed by atoms with Gasteiger partial charge in [0.2, 0.25) is 0 Å². The highest BCUT2D eigenvalue weighted by atomic mass is 16.5. The smallest absolute Gasteiger partial charge is 0.161 e. The van der Waals surface area contributed by atoms with E-state index in [1.54, 1.807) is 24.3 Å². The zero-order valence-corrected chi connectivity index (χ0v) is 10.2. The molecule has 96 valence electrons. The van der Waals surface area contributed by atoms with Gasteiger partial charge in [0.1, 0.15) is 18.0 Å². The van der Waals surface area contributed by atoms with Crippen molar-refractivity contribution in [2.24, 2.45) is 0 Å². The lowest BCUT2D eigenvalue weighted by atomic mass is 10.2. The fourth-order valence-electron chi connectivity index (χ4n) is 1.94. The molecule has 0 saturated carbocycles. The Hall–Kier alpha value is -2.62. The largest absolute Gasteiger partial charge is 0.504 e. The molecule has 19 heavy (non-hydrogen) atoms. The zero-order valence-electron chi connectivity index (χ0n) is 10.2. The van der Waals surface area contributed by atoms with Crippen LogP contribution in [0.1, 0.15) is 5.76 Å². The third-order valence-corrected chi connectivity index (χ3v) is 2.88. The number of phenols is 1. The lowest BCUT2D eigenvalue weighted by Crippen LogP contribution is -1.93. The van der Waals surface area contributed by atoms with Gasteiger partial charge in [0, 0.05) is 11.1 Å². The van der Waals surface area contributed by atoms with E-state index in [1.165, 1.54) is 0 Å². The molecule has 4 heteroatoms. The minimum Gasteiger partial charge on any atom is -0.504 e. The molecule has 0 atom stereocenters. The molecule has 0 aliphatic carbocycles. The summed E-state index contributed by atoms with van der Waals surface area (Å²) in [5.41, 5.74) is 7.27. The monoisotopic (exact) mass is 255 g/mol. The summed E-state index contributed by atoms with van der Waals surface area (Å²) in [6, 6.07) is 14.2. The molecule has 3 N–H and O–H groups in total. The molecule has 0 radical (unpaired) electrons. The molecule has 3 aromatic rings. The van der Waals surface area contributed by atoms with Crippen LogP contribution in [0.3, 0.4) is 0 Å². The minimum atomic E-state index is 0.109. The van der Waals surface area contributed by atoms with Crippen molar-refractivity contribution in [3.8, 4) is 11.5 Å². The fraction of sp³-hybridized carbons (Fsp3) is 0.0667. The van der Waals surface area contributed by atoms with Gasteiger partial charge in [0.05, 0.1) is 0 Å². The number of phenolic OH excluding ortho intramolecular Hbond substituents is 1. The standard InChI is InChI=1S/C15H13NO3/c16-12-4-3-7-14-11(12)8-10(19-14)9-18-15-6-2-1-5-13(15)17/h1-8,17H,9,16H2. The van der Waals surface area contributed by atoms with Gasteiger partial charge in [0.15, 0.2) is 11.5 Å². The number of aromatic hydroxyl groups is 1. The molecule has 0 aliphatic rings. The number of fused-ring (bicyclic) bond motifs is 1. The average Bonchev–Trinajstić information content (AvgIpc) is 2.82. The van der Waals surface area contributed by atoms with E-state index < -0.39 is 0 Å². The van der Waals surface area contributed by atoms with Gasteiger partial charge in [-0.25, -0.2) is 0 Å². The summed E-state index contributed by atoms with van der Waals surface area (Å²) in [4.78, 5) is 0. The van der Waals surface area contributed by atoms with Crippen LogP contribution < -0.4 is 10.5 Å². The molecule has 0 spiro atoms. The molecule has 2 aromatic carbocycles. The highest BCUT2D eigenvalue weighted by molar-refractivity contribution is 5.89. The second-order valence-corrected chi connectivity index (χ2v) is 4.23. The van der Waals surface area contributed by atoms with Crippen LogP contribution in [-0.2, 0) is 6.61 Å². The predicted octanol–water partition coefficient (Wildman–Crippen LogP) is 3.30. The van der Waals surface area contributed by atoms with Crippen molar-refractivity contribution in [1.29, 1.82) is 0 Å². The van der Waals surface area contributed by atoms with Crippen molar-refractivity contribution >= 4 is 16.7 Å². The van der Waals surface area contributed by atoms with E-state index in [2.05, 4.69) is 0 Å². The Bertz CT molecular complexity index is 718. The van der Waals surface area contributed by atoms with E-state index in [-0.39, 0.29) is 12.4 Å². The number of hydrogen-bond acceptors (Lipinski definition) is 4. The number of nitrogens with two attached hydrogens (primary N) is 1. The summed E-state index contributed by atoms with van der Waals surface area (Å²) in [5.74, 6) is 1.20. The highest BCUT2D eigenvalue weighted by Crippen LogP contribution is 2.28. The number of rotatable bonds is 3. The molecule has 4 nitrogen and oxygen atoms in total. The Morgan fingerprint density at radius 3 is 2.74 bits per heavy atom. The van der Waals surface area contributed by atoms with Crippen molar-refractivity contribution in [3.05, 3.63) is 54.3 Å². The van der Waals surface area contributed by atoms with Gasteiger partial charge >= 0.3 is 0 Å². The first-order valence-electron chi connectivity index (χ1n) is 5.92. The van der Waals surface area contributed by atoms with E-state index in [1.807, 2.05) is 24.3 Å². The van der Waals surface area contributed by atoms with E-state index in [0.717, 1.165) is 11.0 Å². The molecule has 3 rings (SSSR count). The SMILES string of the molecule is Nc1cccc2oc(COc3ccccc3O)cc12. The number of para-hydroxylation sites is 2. The maximum absolute atomic E-state index is 9.60. The molecular weight excluding hydrogens is 242 g/mol. The first-order valence-corrected chi connectivity index (χ1v) is 5.92. The third-order valence-electron chi connectivity index (χ3n) is 2.88. The van der Waals surface area contributed by atoms with Crippen LogP contribution in [0.25, 0.3) is 11.0 Å². The lowest BCUT2D eigenvalue weighted by molar-refractivity contribution is 0.262. The molecule has 0 fully saturated rings. The minimum absolute atomic E-state index is 0.109. The van der Waals surface area contributed by atoms with Crippen molar-refractivity contribution in [3.63, 3.8) is 0 Å². The summed E-state index contributed by atoms with van der Waals surface area (Å²) >= 11 is 0. The van der Waals surface area contributed by atoms with Gasteiger partial charge in [-0.1, -0.05) is 18.2 Å². The number of ether oxygens (including phenoxy) is 1. The Balaban J connectivity index is 1.83. The van der Waals surface area contributed by atoms with Gasteiger partial charge in [-0.3, -0.25) is 0 Å². The second-order valence-electron chi connectivity index (χ2n) is 4.23. The number of hydrogen-bond donors (Lipinski definition) is 2. The molecule has 0 unspecified atom stereocenters. The second kappa shape index (κ2) is 4.57. The van der Waals surface area contributed by atoms with Crippen LogP contribution in [0.15, 0.2) is 52.9 Å². The van der Waals surface area contributed by atoms with E-state index in [0.29, 0.717) is 17.2 Å². The Labute approximate surface area is 110 Å². The number of benzene rings is 2. The first-order chi connectivity index (χ1) is 9.24. The van der Waals surface area contributed by atoms with Gasteiger partial charge in [-0.15, -0.1) is 0 Å². The van der Waals surface area contributed by atoms with Gasteiger partial charge in [0.25, 0.3) is 0 Å². The molecule has 1 aromatic heterocycles. The van der Waals surface area contributed by atoms with Gasteiger partial charge < -0.3 is 20.0 Å². The van der Waals surface area contributed by atoms with Gasteiger partial charge in [-0.05, 0) is 30.3 Å². The van der Waals surface area contributed by atoms with Crippen LogP contribution in [0.2, 0.25) is 0 Å². The molecular formula is C15H13NO3. The van der Waals surface area contributed by atoms with E-state index in [9.17, 15) is 5.11 Å². The van der Waals surface area contributed by atoms with Crippen LogP contribution in [-0.4, -0.2) is 5.11 Å². The van der Waals surface area contributed by atoms with Crippen LogP contribution in [0.4, 0.5) is 5.69 Å². The summed E-state index contributed by atoms with van der Waals surface area (Å²) < 4.78 is 11.1. The molecule has 0 aliphatic heterocycles. The number of furan rings is 1. The molecule has 0 saturated heterocycles. The van der Waals surface area contributed by atoms with Crippen molar-refractivity contribution in [2.45, 2.75) is 6.61 Å². The quantitative estimate of drug-likeness (QED) is 0.704. The molecule has 0 bridgehead atoms. The topological polar surface area (TPSA) is 68.6 Å². The van der Waals surface area contributed by atoms with Crippen molar-refractivity contribution in [2.75, 3.05) is 5.73 Å². The Morgan fingerprint density at radius 1 is 1.11 bits per heavy atom. The van der Waals surface area contributed by atoms with Crippen LogP contribution >= 0.6 is 0 Å². The first kappa shape index (κ1) is 11.5. The zero-order chi connectivity index (χ0) is 13.2. The number of nitrogen functional groups attached to an aromatic ring is 1. The van der Waals surface area contributed by atoms with Crippen molar-refractivity contribution < 1.29 is 14.3 Å². The maximum Gasteiger partial charge on any atom is 0.161 e. The van der Waals surface area contributed by atoms with E-state index >= 15 is 0 Å². The normalized spacial score (nSPS) is 10.7. The van der Waals surface area contributed by atoms with E-state index in [4.69, 9.17) is 14.9 Å². The number of anilines is 1. The summed E-state index contributed by atoms with van der Waals surface area (Å²) in [7, 11) is 0. The van der Waals surface area contributed by atoms with Crippen LogP contribution in [0.5, 0.6) is 11.5 Å². The Morgan fingerprint density at radius 2 is 1.95 bits per heavy atom. The predicted molar refractivity (Wildman–Crippen MR) is 73.1 cm³/mol. The average molecular weight is 255 g/mol. The van der Waals surface area contributed by atoms with Gasteiger partial charge in [-0.2, -0.15) is 0 Å². The molecule has 1 heterocycles. The third kappa shape index (κ3) is 2.20. The Kier molecular flexibility index (Phi) is 2.76. The lowest BCUT2D eigenvalue weighted by Gasteiger charge is -2.05. The summed E-state index contributed by atoms with van der Waals surface area (Å²) in [6.45, 7) is 0.242. The highest BCUT2D eigenvalue weighted by Gasteiger charge is 2.07. The fourth-order valence-corrected chi connectivity index (χ4v) is 1.94. The maximum atomic E-state index is 9.60. The van der Waals surface area contributed by atoms with Crippen LogP contribution in [0, 0.1) is 0 Å². The summed E-state index contributed by atoms with van der Waals surface area (Å²) in [6.07, 6.45) is 0. The molecule has 0 amide bonds. The van der Waals surface area contributed by atoms with Crippen molar-refractivity contribution in [1.82, 2.24) is 0 Å². The summed E-state index contributed by atoms with van der Waals surface area (Å²) in [5, 5.41) is 10.5.